The Bertz CT molecular complexity index is 887. The molecule has 2 aliphatic rings. The number of nitrogens with one attached hydrogen (secondary N) is 1. The van der Waals surface area contributed by atoms with Gasteiger partial charge in [-0.25, -0.2) is 0 Å². The van der Waals surface area contributed by atoms with E-state index in [0.29, 0.717) is 6.54 Å². The van der Waals surface area contributed by atoms with Gasteiger partial charge in [0.1, 0.15) is 0 Å². The van der Waals surface area contributed by atoms with Gasteiger partial charge in [0.25, 0.3) is 0 Å². The molecule has 0 aromatic carbocycles. The standard InChI is InChI=1S/C23H27F3IN3O/c24-23(25,26)20-18(27)13-17(15-30-20)14-28-11-8-21(19-5-1-4-10-29-19)9-12-31-22(16-21)6-2-3-7-22/h1,4-5,10,13,15,28H,2-3,6-9,11-12,14,16H2/t21-/m0/s1. The lowest BCUT2D eigenvalue weighted by Crippen LogP contribution is -2.47. The van der Waals surface area contributed by atoms with Crippen molar-refractivity contribution in [2.45, 2.75) is 68.7 Å². The predicted octanol–water partition coefficient (Wildman–Crippen LogP) is 5.64. The van der Waals surface area contributed by atoms with Crippen LogP contribution in [-0.2, 0) is 22.9 Å². The van der Waals surface area contributed by atoms with Crippen LogP contribution < -0.4 is 5.32 Å². The summed E-state index contributed by atoms with van der Waals surface area (Å²) < 4.78 is 45.2. The summed E-state index contributed by atoms with van der Waals surface area (Å²) in [6, 6.07) is 7.67. The number of nitrogens with zero attached hydrogens (tertiary/aromatic N) is 2. The average Bonchev–Trinajstić information content (AvgIpc) is 3.18. The first kappa shape index (κ1) is 22.9. The predicted molar refractivity (Wildman–Crippen MR) is 121 cm³/mol. The summed E-state index contributed by atoms with van der Waals surface area (Å²) in [5.41, 5.74) is 0.989. The molecule has 0 bridgehead atoms. The van der Waals surface area contributed by atoms with Gasteiger partial charge in [-0.15, -0.1) is 0 Å². The van der Waals surface area contributed by atoms with Crippen molar-refractivity contribution < 1.29 is 17.9 Å². The molecule has 0 amide bonds. The van der Waals surface area contributed by atoms with Crippen LogP contribution >= 0.6 is 22.6 Å². The maximum absolute atomic E-state index is 12.9. The molecule has 1 atom stereocenters. The lowest BCUT2D eigenvalue weighted by Gasteiger charge is -2.46. The van der Waals surface area contributed by atoms with Crippen molar-refractivity contribution in [3.8, 4) is 0 Å². The molecule has 2 aromatic heterocycles. The van der Waals surface area contributed by atoms with E-state index < -0.39 is 11.9 Å². The van der Waals surface area contributed by atoms with Crippen molar-refractivity contribution in [3.63, 3.8) is 0 Å². The zero-order chi connectivity index (χ0) is 22.0. The number of rotatable bonds is 6. The third-order valence-corrected chi connectivity index (χ3v) is 7.47. The number of alkyl halides is 3. The molecule has 4 nitrogen and oxygen atoms in total. The van der Waals surface area contributed by atoms with Crippen molar-refractivity contribution in [1.29, 1.82) is 0 Å². The van der Waals surface area contributed by atoms with E-state index >= 15 is 0 Å². The summed E-state index contributed by atoms with van der Waals surface area (Å²) in [6.45, 7) is 1.99. The fourth-order valence-electron chi connectivity index (χ4n) is 5.14. The van der Waals surface area contributed by atoms with E-state index in [0.717, 1.165) is 56.5 Å². The second-order valence-electron chi connectivity index (χ2n) is 8.76. The molecule has 0 unspecified atom stereocenters. The Morgan fingerprint density at radius 3 is 2.61 bits per heavy atom. The van der Waals surface area contributed by atoms with Crippen LogP contribution in [0.15, 0.2) is 36.7 Å². The molecule has 4 rings (SSSR count). The highest BCUT2D eigenvalue weighted by molar-refractivity contribution is 14.1. The lowest BCUT2D eigenvalue weighted by atomic mass is 9.68. The van der Waals surface area contributed by atoms with Gasteiger partial charge in [-0.3, -0.25) is 9.97 Å². The first-order valence-electron chi connectivity index (χ1n) is 10.8. The molecule has 1 spiro atoms. The van der Waals surface area contributed by atoms with Gasteiger partial charge >= 0.3 is 6.18 Å². The fraction of sp³-hybridized carbons (Fsp3) is 0.565. The molecule has 1 aliphatic heterocycles. The van der Waals surface area contributed by atoms with Gasteiger partial charge < -0.3 is 10.1 Å². The first-order chi connectivity index (χ1) is 14.8. The topological polar surface area (TPSA) is 47.0 Å². The van der Waals surface area contributed by atoms with Crippen molar-refractivity contribution >= 4 is 22.6 Å². The third-order valence-electron chi connectivity index (χ3n) is 6.65. The van der Waals surface area contributed by atoms with E-state index in [2.05, 4.69) is 16.4 Å². The summed E-state index contributed by atoms with van der Waals surface area (Å²) in [7, 11) is 0. The zero-order valence-electron chi connectivity index (χ0n) is 17.3. The van der Waals surface area contributed by atoms with E-state index in [4.69, 9.17) is 9.72 Å². The summed E-state index contributed by atoms with van der Waals surface area (Å²) in [6.07, 6.45) is 6.26. The lowest BCUT2D eigenvalue weighted by molar-refractivity contribution is -0.141. The van der Waals surface area contributed by atoms with Gasteiger partial charge in [-0.05, 0) is 85.0 Å². The SMILES string of the molecule is FC(F)(F)c1ncc(CNCC[C@]2(c3ccccn3)CCOC3(CCCC3)C2)cc1I. The smallest absolute Gasteiger partial charge is 0.375 e. The Kier molecular flexibility index (Phi) is 6.88. The molecule has 1 saturated carbocycles. The van der Waals surface area contributed by atoms with E-state index in [-0.39, 0.29) is 14.6 Å². The molecule has 31 heavy (non-hydrogen) atoms. The van der Waals surface area contributed by atoms with Crippen LogP contribution in [0.1, 0.15) is 61.9 Å². The highest BCUT2D eigenvalue weighted by Crippen LogP contribution is 2.49. The van der Waals surface area contributed by atoms with Crippen LogP contribution in [0.2, 0.25) is 0 Å². The van der Waals surface area contributed by atoms with Gasteiger partial charge in [-0.1, -0.05) is 18.9 Å². The fourth-order valence-corrected chi connectivity index (χ4v) is 5.98. The molecule has 2 fully saturated rings. The van der Waals surface area contributed by atoms with Crippen molar-refractivity contribution in [2.24, 2.45) is 0 Å². The highest BCUT2D eigenvalue weighted by atomic mass is 127. The Morgan fingerprint density at radius 1 is 1.13 bits per heavy atom. The minimum atomic E-state index is -4.42. The van der Waals surface area contributed by atoms with Crippen LogP contribution in [0, 0.1) is 3.57 Å². The normalized spacial score (nSPS) is 23.4. The summed E-state index contributed by atoms with van der Waals surface area (Å²) in [5, 5.41) is 3.41. The summed E-state index contributed by atoms with van der Waals surface area (Å²) in [5.74, 6) is 0. The van der Waals surface area contributed by atoms with Gasteiger partial charge in [0.2, 0.25) is 0 Å². The quantitative estimate of drug-likeness (QED) is 0.377. The number of hydrogen-bond acceptors (Lipinski definition) is 4. The minimum Gasteiger partial charge on any atom is -0.375 e. The molecule has 8 heteroatoms. The van der Waals surface area contributed by atoms with E-state index in [1.165, 1.54) is 19.0 Å². The Morgan fingerprint density at radius 2 is 1.94 bits per heavy atom. The Hall–Kier alpha value is -1.26. The molecule has 1 N–H and O–H groups in total. The first-order valence-corrected chi connectivity index (χ1v) is 11.9. The monoisotopic (exact) mass is 545 g/mol. The van der Waals surface area contributed by atoms with Crippen molar-refractivity contribution in [2.75, 3.05) is 13.2 Å². The van der Waals surface area contributed by atoms with Gasteiger partial charge in [0.15, 0.2) is 5.69 Å². The van der Waals surface area contributed by atoms with Crippen LogP contribution in [0.4, 0.5) is 13.2 Å². The summed E-state index contributed by atoms with van der Waals surface area (Å²) in [4.78, 5) is 8.34. The number of halogens is 4. The van der Waals surface area contributed by atoms with Crippen molar-refractivity contribution in [1.82, 2.24) is 15.3 Å². The molecule has 0 radical (unpaired) electrons. The number of pyridine rings is 2. The van der Waals surface area contributed by atoms with Crippen molar-refractivity contribution in [3.05, 3.63) is 57.2 Å². The molecule has 168 valence electrons. The van der Waals surface area contributed by atoms with Gasteiger partial charge in [-0.2, -0.15) is 13.2 Å². The number of hydrogen-bond donors (Lipinski definition) is 1. The van der Waals surface area contributed by atoms with Crippen LogP contribution in [0.3, 0.4) is 0 Å². The van der Waals surface area contributed by atoms with E-state index in [9.17, 15) is 13.2 Å². The second kappa shape index (κ2) is 9.31. The second-order valence-corrected chi connectivity index (χ2v) is 9.92. The molecule has 1 aliphatic carbocycles. The summed E-state index contributed by atoms with van der Waals surface area (Å²) >= 11 is 1.70. The highest BCUT2D eigenvalue weighted by Gasteiger charge is 2.48. The van der Waals surface area contributed by atoms with Gasteiger partial charge in [0, 0.05) is 40.2 Å². The van der Waals surface area contributed by atoms with Crippen LogP contribution in [0.25, 0.3) is 0 Å². The van der Waals surface area contributed by atoms with E-state index in [1.807, 2.05) is 18.3 Å². The molecule has 2 aromatic rings. The number of aromatic nitrogens is 2. The number of ether oxygens (including phenoxy) is 1. The largest absolute Gasteiger partial charge is 0.434 e. The van der Waals surface area contributed by atoms with E-state index in [1.54, 1.807) is 28.7 Å². The maximum atomic E-state index is 12.9. The Labute approximate surface area is 194 Å². The molecule has 1 saturated heterocycles. The minimum absolute atomic E-state index is 0.0246. The molecular weight excluding hydrogens is 518 g/mol. The third kappa shape index (κ3) is 5.22. The maximum Gasteiger partial charge on any atom is 0.434 e. The molecule has 3 heterocycles. The van der Waals surface area contributed by atoms with Crippen LogP contribution in [0.5, 0.6) is 0 Å². The van der Waals surface area contributed by atoms with Gasteiger partial charge in [0.05, 0.1) is 5.60 Å². The molecular formula is C23H27F3IN3O. The average molecular weight is 545 g/mol. The zero-order valence-corrected chi connectivity index (χ0v) is 19.5. The Balaban J connectivity index is 1.42. The van der Waals surface area contributed by atoms with Crippen LogP contribution in [-0.4, -0.2) is 28.7 Å².